The number of hydrogen-bond donors (Lipinski definition) is 0. The monoisotopic (exact) mass is 581 g/mol. The van der Waals surface area contributed by atoms with Gasteiger partial charge < -0.3 is 0 Å². The number of benzene rings is 1. The second kappa shape index (κ2) is 11.4. The molecule has 3 rings (SSSR count). The lowest BCUT2D eigenvalue weighted by molar-refractivity contribution is -0.137. The molecular formula is C22H30Cl2F5N3O3S. The van der Waals surface area contributed by atoms with Crippen molar-refractivity contribution in [1.82, 2.24) is 13.5 Å². The largest absolute Gasteiger partial charge is 0.416 e. The maximum Gasteiger partial charge on any atom is 0.416 e. The van der Waals surface area contributed by atoms with Gasteiger partial charge in [-0.25, -0.2) is 8.78 Å². The fourth-order valence-electron chi connectivity index (χ4n) is 4.83. The molecule has 0 N–H and O–H groups in total. The highest BCUT2D eigenvalue weighted by Gasteiger charge is 2.47. The number of Topliss-reactive ketones (excluding diaryl/α,β-unsaturated/α-hetero) is 1. The van der Waals surface area contributed by atoms with Gasteiger partial charge in [0.25, 0.3) is 10.2 Å². The van der Waals surface area contributed by atoms with Crippen LogP contribution in [0.4, 0.5) is 22.0 Å². The maximum absolute atomic E-state index is 14.0. The zero-order chi connectivity index (χ0) is 26.2. The summed E-state index contributed by atoms with van der Waals surface area (Å²) in [5.41, 5.74) is -1.74. The fraction of sp³-hybridized carbons (Fsp3) is 0.682. The van der Waals surface area contributed by atoms with Gasteiger partial charge in [0.2, 0.25) is 5.92 Å². The van der Waals surface area contributed by atoms with Crippen molar-refractivity contribution in [3.8, 4) is 0 Å². The van der Waals surface area contributed by atoms with Gasteiger partial charge in [-0.2, -0.15) is 30.2 Å². The van der Waals surface area contributed by atoms with Gasteiger partial charge in [0.15, 0.2) is 5.78 Å². The Bertz CT molecular complexity index is 1040. The topological polar surface area (TPSA) is 60.9 Å². The summed E-state index contributed by atoms with van der Waals surface area (Å²) in [4.78, 5) is 14.8. The fourth-order valence-corrected chi connectivity index (χ4v) is 6.20. The first-order valence-corrected chi connectivity index (χ1v) is 13.1. The number of hydrogen-bond acceptors (Lipinski definition) is 4. The van der Waals surface area contributed by atoms with Crippen molar-refractivity contribution in [3.63, 3.8) is 0 Å². The van der Waals surface area contributed by atoms with Crippen molar-refractivity contribution < 1.29 is 35.2 Å². The van der Waals surface area contributed by atoms with E-state index in [0.717, 1.165) is 16.4 Å². The summed E-state index contributed by atoms with van der Waals surface area (Å²) in [5, 5.41) is -0.309. The first kappa shape index (κ1) is 31.2. The summed E-state index contributed by atoms with van der Waals surface area (Å²) < 4.78 is 94.0. The van der Waals surface area contributed by atoms with Gasteiger partial charge in [0.05, 0.1) is 10.6 Å². The molecule has 6 nitrogen and oxygen atoms in total. The van der Waals surface area contributed by atoms with E-state index in [1.165, 1.54) is 18.4 Å². The summed E-state index contributed by atoms with van der Waals surface area (Å²) in [6.07, 6.45) is -4.88. The van der Waals surface area contributed by atoms with Crippen molar-refractivity contribution in [1.29, 1.82) is 0 Å². The minimum atomic E-state index is -4.59. The van der Waals surface area contributed by atoms with Crippen LogP contribution in [0.1, 0.15) is 54.4 Å². The number of ketones is 1. The third-order valence-electron chi connectivity index (χ3n) is 7.02. The standard InChI is InChI=1S/C22H29ClF5N3O3S.ClH/c1-29(2)35(33,34)31-13-11-30(12-14-31)20(7-9-21(24,25)10-8-20)6-5-19(32)17-4-3-16(15-18(17)23)22(26,27)28;/h3-4,15H,5-14H2,1-2H3;1H. The van der Waals surface area contributed by atoms with Crippen LogP contribution in [0.5, 0.6) is 0 Å². The highest BCUT2D eigenvalue weighted by atomic mass is 35.5. The molecule has 1 heterocycles. The van der Waals surface area contributed by atoms with Crippen LogP contribution in [0.2, 0.25) is 5.02 Å². The van der Waals surface area contributed by atoms with Gasteiger partial charge in [0.1, 0.15) is 0 Å². The number of alkyl halides is 5. The maximum atomic E-state index is 14.0. The number of carbonyl (C=O) groups is 1. The van der Waals surface area contributed by atoms with Crippen LogP contribution < -0.4 is 0 Å². The Hall–Kier alpha value is -1.05. The molecule has 1 aliphatic heterocycles. The van der Waals surface area contributed by atoms with Gasteiger partial charge >= 0.3 is 6.18 Å². The van der Waals surface area contributed by atoms with E-state index in [1.807, 2.05) is 4.90 Å². The molecule has 0 amide bonds. The molecule has 0 unspecified atom stereocenters. The molecule has 0 aromatic heterocycles. The number of carbonyl (C=O) groups excluding carboxylic acids is 1. The first-order chi connectivity index (χ1) is 16.1. The molecule has 206 valence electrons. The number of nitrogens with zero attached hydrogens (tertiary/aromatic N) is 3. The summed E-state index contributed by atoms with van der Waals surface area (Å²) in [6, 6.07) is 2.54. The van der Waals surface area contributed by atoms with Crippen LogP contribution >= 0.6 is 24.0 Å². The summed E-state index contributed by atoms with van der Waals surface area (Å²) in [6.45, 7) is 1.04. The molecule has 0 spiro atoms. The predicted octanol–water partition coefficient (Wildman–Crippen LogP) is 5.12. The minimum Gasteiger partial charge on any atom is -0.295 e. The van der Waals surface area contributed by atoms with Crippen LogP contribution in [0, 0.1) is 0 Å². The molecule has 1 aromatic rings. The van der Waals surface area contributed by atoms with Gasteiger partial charge in [-0.3, -0.25) is 9.69 Å². The molecule has 1 saturated carbocycles. The normalized spacial score (nSPS) is 21.2. The SMILES string of the molecule is CN(C)S(=O)(=O)N1CCN(C2(CCC(=O)c3ccc(C(F)(F)F)cc3Cl)CCC(F)(F)CC2)CC1.Cl. The van der Waals surface area contributed by atoms with Crippen LogP contribution in [0.25, 0.3) is 0 Å². The van der Waals surface area contributed by atoms with E-state index >= 15 is 0 Å². The van der Waals surface area contributed by atoms with E-state index in [9.17, 15) is 35.2 Å². The minimum absolute atomic E-state index is 0. The molecule has 0 bridgehead atoms. The molecule has 0 atom stereocenters. The lowest BCUT2D eigenvalue weighted by Crippen LogP contribution is -2.60. The number of halogens is 7. The molecule has 1 aliphatic carbocycles. The van der Waals surface area contributed by atoms with Gasteiger partial charge in [-0.1, -0.05) is 11.6 Å². The Balaban J connectivity index is 0.00000456. The Morgan fingerprint density at radius 3 is 2.08 bits per heavy atom. The summed E-state index contributed by atoms with van der Waals surface area (Å²) in [5.74, 6) is -3.27. The van der Waals surface area contributed by atoms with E-state index in [1.54, 1.807) is 0 Å². The Morgan fingerprint density at radius 2 is 1.61 bits per heavy atom. The quantitative estimate of drug-likeness (QED) is 0.331. The molecular weight excluding hydrogens is 552 g/mol. The molecule has 14 heteroatoms. The first-order valence-electron chi connectivity index (χ1n) is 11.3. The van der Waals surface area contributed by atoms with E-state index in [4.69, 9.17) is 11.6 Å². The van der Waals surface area contributed by atoms with Gasteiger partial charge in [-0.15, -0.1) is 12.4 Å². The van der Waals surface area contributed by atoms with Crippen molar-refractivity contribution in [2.75, 3.05) is 40.3 Å². The smallest absolute Gasteiger partial charge is 0.295 e. The van der Waals surface area contributed by atoms with E-state index in [-0.39, 0.29) is 74.6 Å². The average Bonchev–Trinajstić information content (AvgIpc) is 2.78. The lowest BCUT2D eigenvalue weighted by Gasteiger charge is -2.51. The Morgan fingerprint density at radius 1 is 1.06 bits per heavy atom. The number of rotatable bonds is 7. The Labute approximate surface area is 219 Å². The lowest BCUT2D eigenvalue weighted by atomic mass is 9.74. The highest BCUT2D eigenvalue weighted by molar-refractivity contribution is 7.86. The van der Waals surface area contributed by atoms with E-state index in [2.05, 4.69) is 0 Å². The third-order valence-corrected chi connectivity index (χ3v) is 9.28. The predicted molar refractivity (Wildman–Crippen MR) is 129 cm³/mol. The van der Waals surface area contributed by atoms with Crippen molar-refractivity contribution in [2.24, 2.45) is 0 Å². The van der Waals surface area contributed by atoms with Crippen LogP contribution in [0.15, 0.2) is 18.2 Å². The van der Waals surface area contributed by atoms with Gasteiger partial charge in [0, 0.05) is 70.6 Å². The van der Waals surface area contributed by atoms with Crippen molar-refractivity contribution in [3.05, 3.63) is 34.3 Å². The third kappa shape index (κ3) is 6.87. The molecule has 0 radical (unpaired) electrons. The Kier molecular flexibility index (Phi) is 9.84. The second-order valence-corrected chi connectivity index (χ2v) is 11.9. The van der Waals surface area contributed by atoms with Crippen LogP contribution in [0.3, 0.4) is 0 Å². The molecule has 1 saturated heterocycles. The molecule has 2 aliphatic rings. The van der Waals surface area contributed by atoms with Crippen molar-refractivity contribution >= 4 is 40.0 Å². The zero-order valence-corrected chi connectivity index (χ0v) is 22.3. The van der Waals surface area contributed by atoms with E-state index in [0.29, 0.717) is 19.2 Å². The van der Waals surface area contributed by atoms with Crippen molar-refractivity contribution in [2.45, 2.75) is 56.2 Å². The average molecular weight is 582 g/mol. The summed E-state index contributed by atoms with van der Waals surface area (Å²) >= 11 is 5.96. The zero-order valence-electron chi connectivity index (χ0n) is 20.0. The summed E-state index contributed by atoms with van der Waals surface area (Å²) in [7, 11) is -0.732. The molecule has 2 fully saturated rings. The molecule has 36 heavy (non-hydrogen) atoms. The second-order valence-electron chi connectivity index (χ2n) is 9.37. The van der Waals surface area contributed by atoms with Crippen LogP contribution in [-0.4, -0.2) is 79.4 Å². The molecule has 1 aromatic carbocycles. The van der Waals surface area contributed by atoms with E-state index < -0.39 is 39.2 Å². The number of piperazine rings is 1. The highest BCUT2D eigenvalue weighted by Crippen LogP contribution is 2.44. The van der Waals surface area contributed by atoms with Crippen LogP contribution in [-0.2, 0) is 16.4 Å². The van der Waals surface area contributed by atoms with Gasteiger partial charge in [-0.05, 0) is 37.5 Å².